The molecule has 0 fully saturated rings. The van der Waals surface area contributed by atoms with E-state index in [1.807, 2.05) is 13.2 Å². The standard InChI is InChI=1S/C14H16BrClFN3/c1-3-6-18-14(9-7-19-20(2)8-9)10-4-5-11(15)12(16)13(10)17/h4-5,7-8,14,18H,3,6H2,1-2H3. The van der Waals surface area contributed by atoms with Crippen molar-refractivity contribution >= 4 is 27.5 Å². The van der Waals surface area contributed by atoms with Gasteiger partial charge in [-0.25, -0.2) is 4.39 Å². The summed E-state index contributed by atoms with van der Waals surface area (Å²) in [6.45, 7) is 2.85. The molecule has 0 saturated heterocycles. The number of aromatic nitrogens is 2. The summed E-state index contributed by atoms with van der Waals surface area (Å²) in [4.78, 5) is 0. The lowest BCUT2D eigenvalue weighted by Crippen LogP contribution is -2.24. The lowest BCUT2D eigenvalue weighted by molar-refractivity contribution is 0.546. The van der Waals surface area contributed by atoms with Crippen molar-refractivity contribution in [3.05, 3.63) is 51.0 Å². The van der Waals surface area contributed by atoms with E-state index in [4.69, 9.17) is 11.6 Å². The molecule has 0 aliphatic rings. The van der Waals surface area contributed by atoms with Crippen LogP contribution < -0.4 is 5.32 Å². The molecule has 0 spiro atoms. The highest BCUT2D eigenvalue weighted by Gasteiger charge is 2.21. The Morgan fingerprint density at radius 2 is 2.25 bits per heavy atom. The Kier molecular flexibility index (Phi) is 5.18. The average Bonchev–Trinajstić information content (AvgIpc) is 2.85. The van der Waals surface area contributed by atoms with Gasteiger partial charge in [0.1, 0.15) is 5.82 Å². The first kappa shape index (κ1) is 15.5. The number of aryl methyl sites for hydroxylation is 1. The van der Waals surface area contributed by atoms with E-state index in [9.17, 15) is 4.39 Å². The quantitative estimate of drug-likeness (QED) is 0.815. The van der Waals surface area contributed by atoms with Crippen LogP contribution in [0.15, 0.2) is 29.0 Å². The van der Waals surface area contributed by atoms with Crippen molar-refractivity contribution in [1.29, 1.82) is 0 Å². The Bertz CT molecular complexity index is 600. The molecule has 0 bridgehead atoms. The molecular formula is C14H16BrClFN3. The molecule has 2 rings (SSSR count). The summed E-state index contributed by atoms with van der Waals surface area (Å²) in [5, 5.41) is 7.59. The van der Waals surface area contributed by atoms with Crippen LogP contribution in [0, 0.1) is 5.82 Å². The van der Waals surface area contributed by atoms with E-state index < -0.39 is 5.82 Å². The number of rotatable bonds is 5. The van der Waals surface area contributed by atoms with Gasteiger partial charge in [-0.1, -0.05) is 24.6 Å². The Hall–Kier alpha value is -0.910. The van der Waals surface area contributed by atoms with Crippen molar-refractivity contribution in [2.45, 2.75) is 19.4 Å². The smallest absolute Gasteiger partial charge is 0.148 e. The highest BCUT2D eigenvalue weighted by atomic mass is 79.9. The van der Waals surface area contributed by atoms with E-state index in [2.05, 4.69) is 33.3 Å². The summed E-state index contributed by atoms with van der Waals surface area (Å²) in [5.74, 6) is -0.404. The van der Waals surface area contributed by atoms with Crippen LogP contribution >= 0.6 is 27.5 Å². The van der Waals surface area contributed by atoms with E-state index in [-0.39, 0.29) is 11.1 Å². The van der Waals surface area contributed by atoms with Crippen molar-refractivity contribution in [2.24, 2.45) is 7.05 Å². The molecule has 0 radical (unpaired) electrons. The SMILES string of the molecule is CCCNC(c1cnn(C)c1)c1ccc(Br)c(Cl)c1F. The van der Waals surface area contributed by atoms with Gasteiger partial charge in [-0.15, -0.1) is 0 Å². The van der Waals surface area contributed by atoms with Crippen molar-refractivity contribution in [3.63, 3.8) is 0 Å². The van der Waals surface area contributed by atoms with E-state index in [0.717, 1.165) is 18.5 Å². The molecule has 1 unspecified atom stereocenters. The Balaban J connectivity index is 2.43. The van der Waals surface area contributed by atoms with Crippen LogP contribution in [0.3, 0.4) is 0 Å². The zero-order chi connectivity index (χ0) is 14.7. The Morgan fingerprint density at radius 3 is 2.85 bits per heavy atom. The number of nitrogens with one attached hydrogen (secondary N) is 1. The Labute approximate surface area is 131 Å². The van der Waals surface area contributed by atoms with Crippen molar-refractivity contribution in [3.8, 4) is 0 Å². The van der Waals surface area contributed by atoms with Gasteiger partial charge in [0.25, 0.3) is 0 Å². The molecule has 0 aliphatic heterocycles. The number of benzene rings is 1. The maximum atomic E-state index is 14.4. The number of hydrogen-bond acceptors (Lipinski definition) is 2. The third-order valence-corrected chi connectivity index (χ3v) is 4.29. The van der Waals surface area contributed by atoms with Crippen LogP contribution in [-0.2, 0) is 7.05 Å². The summed E-state index contributed by atoms with van der Waals surface area (Å²) < 4.78 is 16.7. The average molecular weight is 361 g/mol. The van der Waals surface area contributed by atoms with Crippen LogP contribution in [0.4, 0.5) is 4.39 Å². The molecule has 1 aromatic heterocycles. The molecule has 20 heavy (non-hydrogen) atoms. The van der Waals surface area contributed by atoms with Crippen LogP contribution in [-0.4, -0.2) is 16.3 Å². The molecule has 1 atom stereocenters. The maximum Gasteiger partial charge on any atom is 0.148 e. The second-order valence-electron chi connectivity index (χ2n) is 4.60. The van der Waals surface area contributed by atoms with Crippen molar-refractivity contribution < 1.29 is 4.39 Å². The number of nitrogens with zero attached hydrogens (tertiary/aromatic N) is 2. The van der Waals surface area contributed by atoms with E-state index >= 15 is 0 Å². The normalized spacial score (nSPS) is 12.7. The largest absolute Gasteiger partial charge is 0.306 e. The summed E-state index contributed by atoms with van der Waals surface area (Å²) in [5.41, 5.74) is 1.44. The highest BCUT2D eigenvalue weighted by Crippen LogP contribution is 2.32. The molecular weight excluding hydrogens is 345 g/mol. The lowest BCUT2D eigenvalue weighted by atomic mass is 10.0. The minimum absolute atomic E-state index is 0.106. The van der Waals surface area contributed by atoms with Crippen molar-refractivity contribution in [1.82, 2.24) is 15.1 Å². The van der Waals surface area contributed by atoms with Crippen LogP contribution in [0.25, 0.3) is 0 Å². The van der Waals surface area contributed by atoms with Gasteiger partial charge in [-0.05, 0) is 35.0 Å². The monoisotopic (exact) mass is 359 g/mol. The second-order valence-corrected chi connectivity index (χ2v) is 5.83. The first-order valence-electron chi connectivity index (χ1n) is 6.40. The minimum atomic E-state index is -0.404. The predicted octanol–water partition coefficient (Wildman–Crippen LogP) is 4.06. The second kappa shape index (κ2) is 6.70. The van der Waals surface area contributed by atoms with E-state index in [1.54, 1.807) is 23.0 Å². The van der Waals surface area contributed by atoms with E-state index in [1.165, 1.54) is 0 Å². The molecule has 6 heteroatoms. The van der Waals surface area contributed by atoms with Gasteiger partial charge in [0.05, 0.1) is 17.3 Å². The van der Waals surface area contributed by atoms with Crippen LogP contribution in [0.5, 0.6) is 0 Å². The fourth-order valence-electron chi connectivity index (χ4n) is 2.05. The first-order chi connectivity index (χ1) is 9.54. The molecule has 3 nitrogen and oxygen atoms in total. The molecule has 2 aromatic rings. The van der Waals surface area contributed by atoms with E-state index in [0.29, 0.717) is 10.0 Å². The van der Waals surface area contributed by atoms with Gasteiger partial charge < -0.3 is 5.32 Å². The zero-order valence-corrected chi connectivity index (χ0v) is 13.7. The number of hydrogen-bond donors (Lipinski definition) is 1. The summed E-state index contributed by atoms with van der Waals surface area (Å²) in [6.07, 6.45) is 4.58. The predicted molar refractivity (Wildman–Crippen MR) is 82.5 cm³/mol. The molecule has 1 N–H and O–H groups in total. The molecule has 1 heterocycles. The summed E-state index contributed by atoms with van der Waals surface area (Å²) in [6, 6.07) is 3.25. The fraction of sp³-hybridized carbons (Fsp3) is 0.357. The minimum Gasteiger partial charge on any atom is -0.306 e. The van der Waals surface area contributed by atoms with Crippen LogP contribution in [0.2, 0.25) is 5.02 Å². The number of halogens is 3. The molecule has 0 amide bonds. The highest BCUT2D eigenvalue weighted by molar-refractivity contribution is 9.10. The molecule has 0 aliphatic carbocycles. The van der Waals surface area contributed by atoms with Gasteiger partial charge in [-0.2, -0.15) is 5.10 Å². The summed E-state index contributed by atoms with van der Waals surface area (Å²) in [7, 11) is 1.84. The van der Waals surface area contributed by atoms with Gasteiger partial charge in [0, 0.05) is 28.8 Å². The topological polar surface area (TPSA) is 29.9 Å². The van der Waals surface area contributed by atoms with Gasteiger partial charge in [0.15, 0.2) is 0 Å². The molecule has 0 saturated carbocycles. The molecule has 1 aromatic carbocycles. The van der Waals surface area contributed by atoms with Gasteiger partial charge in [0.2, 0.25) is 0 Å². The van der Waals surface area contributed by atoms with Gasteiger partial charge >= 0.3 is 0 Å². The van der Waals surface area contributed by atoms with Gasteiger partial charge in [-0.3, -0.25) is 4.68 Å². The Morgan fingerprint density at radius 1 is 1.50 bits per heavy atom. The third kappa shape index (κ3) is 3.22. The lowest BCUT2D eigenvalue weighted by Gasteiger charge is -2.19. The summed E-state index contributed by atoms with van der Waals surface area (Å²) >= 11 is 9.22. The van der Waals surface area contributed by atoms with Crippen LogP contribution in [0.1, 0.15) is 30.5 Å². The maximum absolute atomic E-state index is 14.4. The molecule has 108 valence electrons. The third-order valence-electron chi connectivity index (χ3n) is 3.03. The fourth-order valence-corrected chi connectivity index (χ4v) is 2.53. The first-order valence-corrected chi connectivity index (χ1v) is 7.57. The zero-order valence-electron chi connectivity index (χ0n) is 11.3. The van der Waals surface area contributed by atoms with Crippen molar-refractivity contribution in [2.75, 3.05) is 6.54 Å².